The van der Waals surface area contributed by atoms with E-state index in [1.807, 2.05) is 6.92 Å². The van der Waals surface area contributed by atoms with Gasteiger partial charge in [0.15, 0.2) is 0 Å². The minimum atomic E-state index is -3.30. The smallest absolute Gasteiger partial charge is 0.279 e. The third-order valence-electron chi connectivity index (χ3n) is 2.15. The molecule has 0 radical (unpaired) electrons. The Morgan fingerprint density at radius 2 is 1.93 bits per heavy atom. The number of ether oxygens (including phenoxy) is 1. The van der Waals surface area contributed by atoms with Crippen molar-refractivity contribution in [1.29, 1.82) is 0 Å². The van der Waals surface area contributed by atoms with Gasteiger partial charge in [0.25, 0.3) is 10.2 Å². The molecule has 1 aliphatic rings. The third-order valence-corrected chi connectivity index (χ3v) is 3.76. The van der Waals surface area contributed by atoms with Gasteiger partial charge in [-0.2, -0.15) is 12.7 Å². The molecule has 0 bridgehead atoms. The van der Waals surface area contributed by atoms with Crippen LogP contribution in [0.2, 0.25) is 0 Å². The van der Waals surface area contributed by atoms with Gasteiger partial charge in [0.2, 0.25) is 0 Å². The van der Waals surface area contributed by atoms with E-state index in [0.717, 1.165) is 6.54 Å². The van der Waals surface area contributed by atoms with Gasteiger partial charge in [-0.05, 0) is 6.54 Å². The molecule has 0 atom stereocenters. The van der Waals surface area contributed by atoms with Gasteiger partial charge in [-0.1, -0.05) is 6.92 Å². The average Bonchev–Trinajstić information content (AvgIpc) is 2.26. The standard InChI is InChI=1S/C8H19N3O3S/c1-2-9-3-4-10-15(12,13)11-5-7-14-8-6-11/h9-10H,2-8H2,1H3. The molecule has 0 aromatic heterocycles. The zero-order valence-electron chi connectivity index (χ0n) is 9.03. The van der Waals surface area contributed by atoms with Crippen LogP contribution in [0.5, 0.6) is 0 Å². The van der Waals surface area contributed by atoms with Crippen LogP contribution < -0.4 is 10.0 Å². The molecule has 0 spiro atoms. The maximum Gasteiger partial charge on any atom is 0.279 e. The summed E-state index contributed by atoms with van der Waals surface area (Å²) < 4.78 is 32.4. The van der Waals surface area contributed by atoms with E-state index < -0.39 is 10.2 Å². The Balaban J connectivity index is 2.30. The Morgan fingerprint density at radius 1 is 1.27 bits per heavy atom. The molecule has 0 saturated carbocycles. The predicted molar refractivity (Wildman–Crippen MR) is 57.9 cm³/mol. The predicted octanol–water partition coefficient (Wildman–Crippen LogP) is -1.24. The summed E-state index contributed by atoms with van der Waals surface area (Å²) in [6, 6.07) is 0. The minimum Gasteiger partial charge on any atom is -0.379 e. The van der Waals surface area contributed by atoms with E-state index >= 15 is 0 Å². The van der Waals surface area contributed by atoms with Crippen molar-refractivity contribution in [1.82, 2.24) is 14.3 Å². The first-order valence-electron chi connectivity index (χ1n) is 5.20. The maximum atomic E-state index is 11.7. The van der Waals surface area contributed by atoms with Crippen LogP contribution in [0.3, 0.4) is 0 Å². The lowest BCUT2D eigenvalue weighted by Gasteiger charge is -2.26. The summed E-state index contributed by atoms with van der Waals surface area (Å²) in [5.74, 6) is 0. The fourth-order valence-corrected chi connectivity index (χ4v) is 2.50. The summed E-state index contributed by atoms with van der Waals surface area (Å²) >= 11 is 0. The number of rotatable bonds is 6. The molecule has 6 nitrogen and oxygen atoms in total. The van der Waals surface area contributed by atoms with E-state index in [9.17, 15) is 8.42 Å². The lowest BCUT2D eigenvalue weighted by Crippen LogP contribution is -2.47. The van der Waals surface area contributed by atoms with Crippen molar-refractivity contribution in [3.05, 3.63) is 0 Å². The van der Waals surface area contributed by atoms with Crippen molar-refractivity contribution in [3.63, 3.8) is 0 Å². The van der Waals surface area contributed by atoms with Crippen molar-refractivity contribution in [2.24, 2.45) is 0 Å². The van der Waals surface area contributed by atoms with Gasteiger partial charge in [0.05, 0.1) is 13.2 Å². The zero-order chi connectivity index (χ0) is 11.1. The van der Waals surface area contributed by atoms with E-state index in [1.54, 1.807) is 0 Å². The number of morpholine rings is 1. The van der Waals surface area contributed by atoms with Crippen LogP contribution in [0.15, 0.2) is 0 Å². The first-order valence-corrected chi connectivity index (χ1v) is 6.64. The van der Waals surface area contributed by atoms with Gasteiger partial charge in [0, 0.05) is 26.2 Å². The van der Waals surface area contributed by atoms with Crippen LogP contribution in [0.25, 0.3) is 0 Å². The molecule has 2 N–H and O–H groups in total. The summed E-state index contributed by atoms with van der Waals surface area (Å²) in [7, 11) is -3.30. The van der Waals surface area contributed by atoms with Crippen LogP contribution >= 0.6 is 0 Å². The van der Waals surface area contributed by atoms with E-state index in [2.05, 4.69) is 10.0 Å². The Bertz CT molecular complexity index is 262. The maximum absolute atomic E-state index is 11.7. The lowest BCUT2D eigenvalue weighted by molar-refractivity contribution is 0.0725. The number of hydrogen-bond donors (Lipinski definition) is 2. The highest BCUT2D eigenvalue weighted by Gasteiger charge is 2.23. The number of likely N-dealkylation sites (N-methyl/N-ethyl adjacent to an activating group) is 1. The summed E-state index contributed by atoms with van der Waals surface area (Å²) in [5.41, 5.74) is 0. The van der Waals surface area contributed by atoms with Crippen molar-refractivity contribution in [2.45, 2.75) is 6.92 Å². The molecule has 0 unspecified atom stereocenters. The minimum absolute atomic E-state index is 0.424. The van der Waals surface area contributed by atoms with Crippen LogP contribution in [0, 0.1) is 0 Å². The molecule has 1 aliphatic heterocycles. The molecule has 0 aromatic rings. The van der Waals surface area contributed by atoms with Crippen LogP contribution in [0.1, 0.15) is 6.92 Å². The molecule has 0 aromatic carbocycles. The summed E-state index contributed by atoms with van der Waals surface area (Å²) in [6.45, 7) is 5.75. The molecule has 1 fully saturated rings. The van der Waals surface area contributed by atoms with E-state index in [4.69, 9.17) is 4.74 Å². The molecule has 1 heterocycles. The molecule has 7 heteroatoms. The number of nitrogens with one attached hydrogen (secondary N) is 2. The summed E-state index contributed by atoms with van der Waals surface area (Å²) in [4.78, 5) is 0. The first kappa shape index (κ1) is 12.9. The van der Waals surface area contributed by atoms with Gasteiger partial charge >= 0.3 is 0 Å². The number of nitrogens with zero attached hydrogens (tertiary/aromatic N) is 1. The van der Waals surface area contributed by atoms with E-state index in [0.29, 0.717) is 39.4 Å². The third kappa shape index (κ3) is 4.43. The normalized spacial score (nSPS) is 19.3. The second-order valence-corrected chi connectivity index (χ2v) is 5.02. The van der Waals surface area contributed by atoms with E-state index in [1.165, 1.54) is 4.31 Å². The largest absolute Gasteiger partial charge is 0.379 e. The fourth-order valence-electron chi connectivity index (χ4n) is 1.32. The second-order valence-electron chi connectivity index (χ2n) is 3.26. The summed E-state index contributed by atoms with van der Waals surface area (Å²) in [5, 5.41) is 3.05. The van der Waals surface area contributed by atoms with Gasteiger partial charge < -0.3 is 10.1 Å². The molecule has 1 saturated heterocycles. The molecule has 0 aliphatic carbocycles. The Morgan fingerprint density at radius 3 is 2.53 bits per heavy atom. The SMILES string of the molecule is CCNCCNS(=O)(=O)N1CCOCC1. The molecule has 90 valence electrons. The van der Waals surface area contributed by atoms with Crippen molar-refractivity contribution >= 4 is 10.2 Å². The van der Waals surface area contributed by atoms with Gasteiger partial charge in [-0.25, -0.2) is 4.72 Å². The monoisotopic (exact) mass is 237 g/mol. The van der Waals surface area contributed by atoms with Gasteiger partial charge in [-0.3, -0.25) is 0 Å². The Kier molecular flexibility index (Phi) is 5.48. The summed E-state index contributed by atoms with van der Waals surface area (Å²) in [6.07, 6.45) is 0. The Labute approximate surface area is 91.2 Å². The molecule has 1 rings (SSSR count). The quantitative estimate of drug-likeness (QED) is 0.567. The van der Waals surface area contributed by atoms with Crippen LogP contribution in [-0.2, 0) is 14.9 Å². The number of hydrogen-bond acceptors (Lipinski definition) is 4. The van der Waals surface area contributed by atoms with Crippen molar-refractivity contribution in [3.8, 4) is 0 Å². The van der Waals surface area contributed by atoms with E-state index in [-0.39, 0.29) is 0 Å². The fraction of sp³-hybridized carbons (Fsp3) is 1.00. The molecule has 15 heavy (non-hydrogen) atoms. The zero-order valence-corrected chi connectivity index (χ0v) is 9.85. The highest BCUT2D eigenvalue weighted by molar-refractivity contribution is 7.87. The Hall–Kier alpha value is -0.210. The molecular formula is C8H19N3O3S. The lowest BCUT2D eigenvalue weighted by atomic mass is 10.5. The van der Waals surface area contributed by atoms with Crippen molar-refractivity contribution < 1.29 is 13.2 Å². The topological polar surface area (TPSA) is 70.7 Å². The highest BCUT2D eigenvalue weighted by atomic mass is 32.2. The van der Waals surface area contributed by atoms with Crippen LogP contribution in [0.4, 0.5) is 0 Å². The highest BCUT2D eigenvalue weighted by Crippen LogP contribution is 2.01. The first-order chi connectivity index (χ1) is 7.17. The molecular weight excluding hydrogens is 218 g/mol. The van der Waals surface area contributed by atoms with Crippen LogP contribution in [-0.4, -0.2) is 58.7 Å². The molecule has 0 amide bonds. The average molecular weight is 237 g/mol. The van der Waals surface area contributed by atoms with Gasteiger partial charge in [0.1, 0.15) is 0 Å². The van der Waals surface area contributed by atoms with Gasteiger partial charge in [-0.15, -0.1) is 0 Å². The second kappa shape index (κ2) is 6.39. The van der Waals surface area contributed by atoms with Crippen molar-refractivity contribution in [2.75, 3.05) is 45.9 Å².